The summed E-state index contributed by atoms with van der Waals surface area (Å²) in [6.45, 7) is 3.38. The van der Waals surface area contributed by atoms with Crippen LogP contribution in [0.1, 0.15) is 11.6 Å². The van der Waals surface area contributed by atoms with Gasteiger partial charge < -0.3 is 15.5 Å². The van der Waals surface area contributed by atoms with Crippen LogP contribution in [0.4, 0.5) is 0 Å². The normalized spacial score (nSPS) is 12.6. The molecule has 1 aromatic rings. The third kappa shape index (κ3) is 3.05. The maximum atomic E-state index is 10.8. The van der Waals surface area contributed by atoms with Gasteiger partial charge in [-0.05, 0) is 17.7 Å². The van der Waals surface area contributed by atoms with E-state index in [-0.39, 0.29) is 5.75 Å². The van der Waals surface area contributed by atoms with Crippen molar-refractivity contribution >= 4 is 12.8 Å². The Bertz CT molecular complexity index is 545. The number of carbonyl (C=O) groups is 1. The zero-order chi connectivity index (χ0) is 15.1. The van der Waals surface area contributed by atoms with Gasteiger partial charge in [0.15, 0.2) is 11.5 Å². The minimum Gasteiger partial charge on any atom is -0.504 e. The molecule has 0 aliphatic rings. The van der Waals surface area contributed by atoms with Crippen LogP contribution in [0.15, 0.2) is 31.0 Å². The summed E-state index contributed by atoms with van der Waals surface area (Å²) >= 11 is 0. The molecule has 1 rings (SSSR count). The summed E-state index contributed by atoms with van der Waals surface area (Å²) in [5.74, 6) is -0.744. The Hall–Kier alpha value is -3.01. The average molecular weight is 274 g/mol. The molecule has 7 nitrogen and oxygen atoms in total. The molecule has 2 amide bonds. The molecule has 0 bridgehead atoms. The first-order chi connectivity index (χ1) is 9.58. The molecule has 0 heterocycles. The monoisotopic (exact) mass is 274 g/mol. The molecule has 7 heteroatoms. The molecule has 0 saturated carbocycles. The summed E-state index contributed by atoms with van der Waals surface area (Å²) in [6, 6.07) is 3.64. The Morgan fingerprint density at radius 3 is 2.55 bits per heavy atom. The van der Waals surface area contributed by atoms with Crippen molar-refractivity contribution in [2.45, 2.75) is 12.1 Å². The van der Waals surface area contributed by atoms with Crippen molar-refractivity contribution in [3.8, 4) is 17.6 Å². The van der Waals surface area contributed by atoms with Gasteiger partial charge in [-0.1, -0.05) is 12.6 Å². The molecule has 20 heavy (non-hydrogen) atoms. The van der Waals surface area contributed by atoms with Crippen LogP contribution in [-0.2, 0) is 9.59 Å². The molecule has 0 aliphatic carbocycles. The van der Waals surface area contributed by atoms with Gasteiger partial charge >= 0.3 is 6.41 Å². The second kappa shape index (κ2) is 6.80. The van der Waals surface area contributed by atoms with Crippen molar-refractivity contribution in [1.82, 2.24) is 10.2 Å². The summed E-state index contributed by atoms with van der Waals surface area (Å²) in [6.07, 6.45) is 2.98. The van der Waals surface area contributed by atoms with E-state index in [4.69, 9.17) is 5.26 Å². The number of carbonyl (C=O) groups excluding carboxylic acids is 2. The maximum Gasteiger partial charge on any atom is 0.317 e. The van der Waals surface area contributed by atoms with Gasteiger partial charge in [0, 0.05) is 6.20 Å². The third-order valence-corrected chi connectivity index (χ3v) is 2.66. The lowest BCUT2D eigenvalue weighted by molar-refractivity contribution is -0.110. The number of phenols is 2. The highest BCUT2D eigenvalue weighted by molar-refractivity contribution is 5.55. The number of hydrogen-bond donors (Lipinski definition) is 3. The molecule has 0 aliphatic heterocycles. The lowest BCUT2D eigenvalue weighted by atomic mass is 9.99. The van der Waals surface area contributed by atoms with Gasteiger partial charge in [-0.3, -0.25) is 14.5 Å². The van der Waals surface area contributed by atoms with E-state index in [1.54, 1.807) is 0 Å². The molecule has 1 radical (unpaired) electrons. The number of nitrogens with one attached hydrogen (secondary N) is 1. The topological polar surface area (TPSA) is 114 Å². The van der Waals surface area contributed by atoms with E-state index >= 15 is 0 Å². The number of nitriles is 1. The van der Waals surface area contributed by atoms with Gasteiger partial charge in [-0.2, -0.15) is 5.26 Å². The summed E-state index contributed by atoms with van der Waals surface area (Å²) in [7, 11) is 0. The second-order valence-corrected chi connectivity index (χ2v) is 3.77. The van der Waals surface area contributed by atoms with Gasteiger partial charge in [0.1, 0.15) is 6.04 Å². The van der Waals surface area contributed by atoms with Gasteiger partial charge in [0.2, 0.25) is 6.41 Å². The predicted molar refractivity (Wildman–Crippen MR) is 68.8 cm³/mol. The van der Waals surface area contributed by atoms with Gasteiger partial charge in [-0.25, -0.2) is 0 Å². The Morgan fingerprint density at radius 1 is 1.40 bits per heavy atom. The molecule has 0 aromatic heterocycles. The fourth-order valence-corrected chi connectivity index (χ4v) is 1.68. The van der Waals surface area contributed by atoms with Crippen molar-refractivity contribution in [3.63, 3.8) is 0 Å². The van der Waals surface area contributed by atoms with Crippen LogP contribution >= 0.6 is 0 Å². The summed E-state index contributed by atoms with van der Waals surface area (Å²) in [4.78, 5) is 22.3. The van der Waals surface area contributed by atoms with Crippen LogP contribution in [0.3, 0.4) is 0 Å². The van der Waals surface area contributed by atoms with E-state index in [9.17, 15) is 19.8 Å². The van der Waals surface area contributed by atoms with E-state index in [2.05, 4.69) is 11.9 Å². The SMILES string of the molecule is C=CN([C]=O)C(C#N)C(NC=O)c1ccc(O)c(O)c1. The number of rotatable bonds is 7. The van der Waals surface area contributed by atoms with Crippen LogP contribution in [0.5, 0.6) is 11.5 Å². The predicted octanol–water partition coefficient (Wildman–Crippen LogP) is 0.290. The van der Waals surface area contributed by atoms with Crippen LogP contribution in [0.25, 0.3) is 0 Å². The maximum absolute atomic E-state index is 10.8. The van der Waals surface area contributed by atoms with Crippen molar-refractivity contribution in [2.24, 2.45) is 0 Å². The highest BCUT2D eigenvalue weighted by atomic mass is 16.3. The summed E-state index contributed by atoms with van der Waals surface area (Å²) in [5.41, 5.74) is 0.334. The molecule has 0 fully saturated rings. The molecule has 0 spiro atoms. The van der Waals surface area contributed by atoms with Crippen LogP contribution in [0, 0.1) is 11.3 Å². The second-order valence-electron chi connectivity index (χ2n) is 3.77. The van der Waals surface area contributed by atoms with Crippen molar-refractivity contribution in [3.05, 3.63) is 36.5 Å². The number of benzene rings is 1. The van der Waals surface area contributed by atoms with Crippen LogP contribution < -0.4 is 5.32 Å². The minimum absolute atomic E-state index is 0.334. The van der Waals surface area contributed by atoms with Gasteiger partial charge in [0.05, 0.1) is 12.1 Å². The smallest absolute Gasteiger partial charge is 0.317 e. The highest BCUT2D eigenvalue weighted by Crippen LogP contribution is 2.29. The van der Waals surface area contributed by atoms with E-state index in [1.807, 2.05) is 6.07 Å². The molecule has 0 saturated heterocycles. The number of phenolic OH excluding ortho intramolecular Hbond substituents is 2. The first-order valence-electron chi connectivity index (χ1n) is 5.48. The molecule has 2 unspecified atom stereocenters. The fourth-order valence-electron chi connectivity index (χ4n) is 1.68. The third-order valence-electron chi connectivity index (χ3n) is 2.66. The lowest BCUT2D eigenvalue weighted by Crippen LogP contribution is -2.40. The number of hydrogen-bond acceptors (Lipinski definition) is 5. The Kier molecular flexibility index (Phi) is 5.12. The minimum atomic E-state index is -1.10. The Balaban J connectivity index is 3.24. The molecule has 103 valence electrons. The number of nitrogens with zero attached hydrogens (tertiary/aromatic N) is 2. The number of amides is 2. The quantitative estimate of drug-likeness (QED) is 0.375. The average Bonchev–Trinajstić information content (AvgIpc) is 2.46. The fraction of sp³-hybridized carbons (Fsp3) is 0.154. The molecule has 1 aromatic carbocycles. The first-order valence-corrected chi connectivity index (χ1v) is 5.48. The van der Waals surface area contributed by atoms with E-state index in [0.29, 0.717) is 12.0 Å². The molecule has 2 atom stereocenters. The Labute approximate surface area is 115 Å². The van der Waals surface area contributed by atoms with E-state index in [1.165, 1.54) is 24.6 Å². The molecular weight excluding hydrogens is 262 g/mol. The highest BCUT2D eigenvalue weighted by Gasteiger charge is 2.28. The molecular formula is C13H12N3O4. The van der Waals surface area contributed by atoms with E-state index in [0.717, 1.165) is 11.1 Å². The molecule has 3 N–H and O–H groups in total. The van der Waals surface area contributed by atoms with Crippen molar-refractivity contribution in [2.75, 3.05) is 0 Å². The standard InChI is InChI=1S/C13H12N3O4/c1-2-16(8-18)10(6-14)13(15-7-17)9-3-4-11(19)12(20)5-9/h2-5,7,10,13,19-20H,1H2,(H,15,17). The van der Waals surface area contributed by atoms with Gasteiger partial charge in [0.25, 0.3) is 0 Å². The summed E-state index contributed by atoms with van der Waals surface area (Å²) < 4.78 is 0. The summed E-state index contributed by atoms with van der Waals surface area (Å²) in [5, 5.41) is 30.3. The first kappa shape index (κ1) is 15.0. The zero-order valence-electron chi connectivity index (χ0n) is 10.4. The van der Waals surface area contributed by atoms with Gasteiger partial charge in [-0.15, -0.1) is 0 Å². The largest absolute Gasteiger partial charge is 0.504 e. The van der Waals surface area contributed by atoms with Crippen molar-refractivity contribution < 1.29 is 19.8 Å². The van der Waals surface area contributed by atoms with Crippen LogP contribution in [-0.4, -0.2) is 34.0 Å². The number of aromatic hydroxyl groups is 2. The van der Waals surface area contributed by atoms with Crippen LogP contribution in [0.2, 0.25) is 0 Å². The lowest BCUT2D eigenvalue weighted by Gasteiger charge is -2.26. The van der Waals surface area contributed by atoms with Crippen molar-refractivity contribution in [1.29, 1.82) is 5.26 Å². The Morgan fingerprint density at radius 2 is 2.10 bits per heavy atom. The zero-order valence-corrected chi connectivity index (χ0v) is 10.4. The van der Waals surface area contributed by atoms with E-state index < -0.39 is 17.8 Å².